The molecule has 0 unspecified atom stereocenters. The molecule has 0 aromatic heterocycles. The monoisotopic (exact) mass is 360 g/mol. The summed E-state index contributed by atoms with van der Waals surface area (Å²) in [5, 5.41) is 24.2. The Hall–Kier alpha value is -3.42. The van der Waals surface area contributed by atoms with E-state index in [0.717, 1.165) is 0 Å². The van der Waals surface area contributed by atoms with Crippen LogP contribution in [0.5, 0.6) is 23.0 Å². The quantitative estimate of drug-likeness (QED) is 0.491. The number of amides is 2. The number of carbonyl (C=O) groups excluding carboxylic acids is 2. The van der Waals surface area contributed by atoms with Crippen LogP contribution in [0, 0.1) is 0 Å². The van der Waals surface area contributed by atoms with E-state index in [0.29, 0.717) is 0 Å². The van der Waals surface area contributed by atoms with Gasteiger partial charge in [0.15, 0.2) is 36.2 Å². The van der Waals surface area contributed by atoms with Crippen LogP contribution in [0.25, 0.3) is 0 Å². The Bertz CT molecular complexity index is 686. The van der Waals surface area contributed by atoms with Gasteiger partial charge in [0.25, 0.3) is 11.8 Å². The summed E-state index contributed by atoms with van der Waals surface area (Å²) in [5.74, 6) is -0.413. The number of para-hydroxylation sites is 4. The van der Waals surface area contributed by atoms with Gasteiger partial charge in [0.05, 0.1) is 0 Å². The highest BCUT2D eigenvalue weighted by molar-refractivity contribution is 5.78. The van der Waals surface area contributed by atoms with E-state index in [-0.39, 0.29) is 61.1 Å². The number of benzene rings is 2. The van der Waals surface area contributed by atoms with Gasteiger partial charge < -0.3 is 30.3 Å². The van der Waals surface area contributed by atoms with Crippen molar-refractivity contribution in [1.82, 2.24) is 10.6 Å². The molecule has 0 aliphatic carbocycles. The molecule has 8 heteroatoms. The van der Waals surface area contributed by atoms with Gasteiger partial charge in [-0.25, -0.2) is 0 Å². The van der Waals surface area contributed by atoms with Crippen molar-refractivity contribution in [2.75, 3.05) is 26.3 Å². The Morgan fingerprint density at radius 2 is 1.12 bits per heavy atom. The fourth-order valence-electron chi connectivity index (χ4n) is 1.95. The molecular weight excluding hydrogens is 340 g/mol. The Balaban J connectivity index is 1.58. The molecular formula is C18H20N2O6. The third kappa shape index (κ3) is 6.23. The number of carbonyl (C=O) groups is 2. The molecule has 8 nitrogen and oxygen atoms in total. The van der Waals surface area contributed by atoms with E-state index in [2.05, 4.69) is 10.6 Å². The zero-order valence-electron chi connectivity index (χ0n) is 14.0. The number of hydrogen-bond acceptors (Lipinski definition) is 6. The van der Waals surface area contributed by atoms with E-state index in [4.69, 9.17) is 9.47 Å². The topological polar surface area (TPSA) is 117 Å². The van der Waals surface area contributed by atoms with Crippen LogP contribution in [0.2, 0.25) is 0 Å². The van der Waals surface area contributed by atoms with Crippen molar-refractivity contribution < 1.29 is 29.3 Å². The standard InChI is InChI=1S/C18H20N2O6/c21-13-5-1-3-7-15(13)25-11-17(23)19-9-10-20-18(24)12-26-16-8-4-2-6-14(16)22/h1-8,21-22H,9-12H2,(H,19,23)(H,20,24). The molecule has 0 fully saturated rings. The fourth-order valence-corrected chi connectivity index (χ4v) is 1.95. The first-order valence-corrected chi connectivity index (χ1v) is 7.91. The second kappa shape index (κ2) is 9.77. The number of hydrogen-bond donors (Lipinski definition) is 4. The second-order valence-corrected chi connectivity index (χ2v) is 5.21. The van der Waals surface area contributed by atoms with Crippen LogP contribution >= 0.6 is 0 Å². The normalized spacial score (nSPS) is 10.0. The average molecular weight is 360 g/mol. The van der Waals surface area contributed by atoms with E-state index >= 15 is 0 Å². The fraction of sp³-hybridized carbons (Fsp3) is 0.222. The Morgan fingerprint density at radius 3 is 1.50 bits per heavy atom. The van der Waals surface area contributed by atoms with Gasteiger partial charge in [-0.2, -0.15) is 0 Å². The molecule has 26 heavy (non-hydrogen) atoms. The van der Waals surface area contributed by atoms with Crippen molar-refractivity contribution in [3.63, 3.8) is 0 Å². The van der Waals surface area contributed by atoms with Crippen LogP contribution < -0.4 is 20.1 Å². The maximum Gasteiger partial charge on any atom is 0.258 e. The predicted molar refractivity (Wildman–Crippen MR) is 93.2 cm³/mol. The number of phenols is 2. The maximum atomic E-state index is 11.6. The molecule has 0 aliphatic heterocycles. The van der Waals surface area contributed by atoms with Crippen LogP contribution in [-0.4, -0.2) is 48.3 Å². The molecule has 2 amide bonds. The Kier molecular flexibility index (Phi) is 7.11. The third-order valence-corrected chi connectivity index (χ3v) is 3.22. The Labute approximate surface area is 150 Å². The molecule has 2 aromatic carbocycles. The largest absolute Gasteiger partial charge is 0.504 e. The number of ether oxygens (including phenoxy) is 2. The van der Waals surface area contributed by atoms with Crippen LogP contribution in [0.15, 0.2) is 48.5 Å². The van der Waals surface area contributed by atoms with Gasteiger partial charge in [0.2, 0.25) is 0 Å². The van der Waals surface area contributed by atoms with Gasteiger partial charge in [-0.3, -0.25) is 9.59 Å². The van der Waals surface area contributed by atoms with Gasteiger partial charge in [-0.15, -0.1) is 0 Å². The van der Waals surface area contributed by atoms with E-state index in [9.17, 15) is 19.8 Å². The van der Waals surface area contributed by atoms with Gasteiger partial charge in [-0.05, 0) is 24.3 Å². The molecule has 0 spiro atoms. The minimum Gasteiger partial charge on any atom is -0.504 e. The van der Waals surface area contributed by atoms with Crippen molar-refractivity contribution in [1.29, 1.82) is 0 Å². The number of aromatic hydroxyl groups is 2. The smallest absolute Gasteiger partial charge is 0.258 e. The van der Waals surface area contributed by atoms with Crippen LogP contribution in [0.3, 0.4) is 0 Å². The van der Waals surface area contributed by atoms with Crippen LogP contribution in [0.1, 0.15) is 0 Å². The first-order chi connectivity index (χ1) is 12.6. The highest BCUT2D eigenvalue weighted by Crippen LogP contribution is 2.24. The summed E-state index contributed by atoms with van der Waals surface area (Å²) in [5.41, 5.74) is 0. The lowest BCUT2D eigenvalue weighted by molar-refractivity contribution is -0.124. The predicted octanol–water partition coefficient (Wildman–Crippen LogP) is 0.788. The summed E-state index contributed by atoms with van der Waals surface area (Å²) in [7, 11) is 0. The highest BCUT2D eigenvalue weighted by Gasteiger charge is 2.07. The maximum absolute atomic E-state index is 11.6. The lowest BCUT2D eigenvalue weighted by Crippen LogP contribution is -2.38. The molecule has 0 radical (unpaired) electrons. The molecule has 0 bridgehead atoms. The van der Waals surface area contributed by atoms with Crippen molar-refractivity contribution in [3.8, 4) is 23.0 Å². The van der Waals surface area contributed by atoms with Crippen LogP contribution in [0.4, 0.5) is 0 Å². The van der Waals surface area contributed by atoms with Gasteiger partial charge in [0.1, 0.15) is 0 Å². The molecule has 0 saturated heterocycles. The summed E-state index contributed by atoms with van der Waals surface area (Å²) in [4.78, 5) is 23.3. The molecule has 0 atom stereocenters. The second-order valence-electron chi connectivity index (χ2n) is 5.21. The molecule has 2 aromatic rings. The molecule has 0 heterocycles. The lowest BCUT2D eigenvalue weighted by Gasteiger charge is -2.10. The number of nitrogens with one attached hydrogen (secondary N) is 2. The van der Waals surface area contributed by atoms with Gasteiger partial charge >= 0.3 is 0 Å². The third-order valence-electron chi connectivity index (χ3n) is 3.22. The summed E-state index contributed by atoms with van der Waals surface area (Å²) < 4.78 is 10.4. The van der Waals surface area contributed by atoms with Gasteiger partial charge in [0, 0.05) is 13.1 Å². The number of phenolic OH excluding ortho intramolecular Hbond substituents is 2. The van der Waals surface area contributed by atoms with E-state index in [1.165, 1.54) is 12.1 Å². The molecule has 0 saturated carbocycles. The Morgan fingerprint density at radius 1 is 0.731 bits per heavy atom. The van der Waals surface area contributed by atoms with Crippen molar-refractivity contribution in [2.45, 2.75) is 0 Å². The zero-order valence-corrected chi connectivity index (χ0v) is 14.0. The summed E-state index contributed by atoms with van der Waals surface area (Å²) >= 11 is 0. The summed E-state index contributed by atoms with van der Waals surface area (Å²) in [6.45, 7) is -0.0690. The number of rotatable bonds is 9. The zero-order chi connectivity index (χ0) is 18.8. The molecule has 0 aliphatic rings. The average Bonchev–Trinajstić information content (AvgIpc) is 2.64. The SMILES string of the molecule is O=C(COc1ccccc1O)NCCNC(=O)COc1ccccc1O. The van der Waals surface area contributed by atoms with E-state index < -0.39 is 0 Å². The lowest BCUT2D eigenvalue weighted by atomic mass is 10.3. The first kappa shape index (κ1) is 18.9. The molecule has 4 N–H and O–H groups in total. The van der Waals surface area contributed by atoms with Crippen molar-refractivity contribution in [2.24, 2.45) is 0 Å². The first-order valence-electron chi connectivity index (χ1n) is 7.91. The van der Waals surface area contributed by atoms with E-state index in [1.807, 2.05) is 0 Å². The summed E-state index contributed by atoms with van der Waals surface area (Å²) in [6.07, 6.45) is 0. The van der Waals surface area contributed by atoms with Crippen molar-refractivity contribution in [3.05, 3.63) is 48.5 Å². The minimum absolute atomic E-state index is 0.0444. The minimum atomic E-state index is -0.382. The van der Waals surface area contributed by atoms with Crippen LogP contribution in [-0.2, 0) is 9.59 Å². The molecule has 138 valence electrons. The van der Waals surface area contributed by atoms with Gasteiger partial charge in [-0.1, -0.05) is 24.3 Å². The highest BCUT2D eigenvalue weighted by atomic mass is 16.5. The molecule has 2 rings (SSSR count). The van der Waals surface area contributed by atoms with E-state index in [1.54, 1.807) is 36.4 Å². The van der Waals surface area contributed by atoms with Crippen molar-refractivity contribution >= 4 is 11.8 Å². The summed E-state index contributed by atoms with van der Waals surface area (Å²) in [6, 6.07) is 12.7.